The van der Waals surface area contributed by atoms with Crippen molar-refractivity contribution in [3.05, 3.63) is 36.4 Å². The van der Waals surface area contributed by atoms with E-state index in [9.17, 15) is 19.5 Å². The standard InChI is InChI=1S/C17H16N2O5/c1-9(20)18-10-2-4-11(5-3-10)19-8-17-7-6-12(24-17)13(16(22)23)14(17)15(19)21/h2-7,12-14H,8H2,1H3,(H,18,20)(H,22,23). The van der Waals surface area contributed by atoms with Crippen molar-refractivity contribution in [3.63, 3.8) is 0 Å². The molecule has 0 saturated carbocycles. The van der Waals surface area contributed by atoms with Gasteiger partial charge in [0, 0.05) is 18.3 Å². The van der Waals surface area contributed by atoms with E-state index in [2.05, 4.69) is 5.32 Å². The Labute approximate surface area is 137 Å². The van der Waals surface area contributed by atoms with E-state index < -0.39 is 29.5 Å². The first kappa shape index (κ1) is 14.9. The predicted molar refractivity (Wildman–Crippen MR) is 84.5 cm³/mol. The molecule has 4 rings (SSSR count). The number of benzene rings is 1. The van der Waals surface area contributed by atoms with E-state index in [-0.39, 0.29) is 11.8 Å². The third kappa shape index (κ3) is 1.98. The maximum Gasteiger partial charge on any atom is 0.310 e. The van der Waals surface area contributed by atoms with Crippen molar-refractivity contribution in [2.24, 2.45) is 11.8 Å². The molecule has 2 saturated heterocycles. The first-order chi connectivity index (χ1) is 11.4. The molecule has 3 aliphatic heterocycles. The number of amides is 2. The molecule has 0 aliphatic carbocycles. The molecule has 0 aromatic heterocycles. The van der Waals surface area contributed by atoms with Crippen LogP contribution in [0, 0.1) is 11.8 Å². The lowest BCUT2D eigenvalue weighted by Gasteiger charge is -2.21. The summed E-state index contributed by atoms with van der Waals surface area (Å²) in [6, 6.07) is 6.87. The van der Waals surface area contributed by atoms with Crippen LogP contribution in [0.3, 0.4) is 0 Å². The summed E-state index contributed by atoms with van der Waals surface area (Å²) in [6.45, 7) is 1.72. The summed E-state index contributed by atoms with van der Waals surface area (Å²) >= 11 is 0. The minimum absolute atomic E-state index is 0.173. The van der Waals surface area contributed by atoms with Gasteiger partial charge in [0.15, 0.2) is 0 Å². The van der Waals surface area contributed by atoms with Gasteiger partial charge < -0.3 is 20.1 Å². The Morgan fingerprint density at radius 3 is 2.67 bits per heavy atom. The van der Waals surface area contributed by atoms with Gasteiger partial charge in [0.25, 0.3) is 0 Å². The number of ether oxygens (including phenoxy) is 1. The van der Waals surface area contributed by atoms with Crippen molar-refractivity contribution >= 4 is 29.2 Å². The van der Waals surface area contributed by atoms with E-state index in [1.165, 1.54) is 6.92 Å². The zero-order chi connectivity index (χ0) is 17.1. The third-order valence-corrected chi connectivity index (χ3v) is 4.88. The number of nitrogens with one attached hydrogen (secondary N) is 1. The fraction of sp³-hybridized carbons (Fsp3) is 0.353. The summed E-state index contributed by atoms with van der Waals surface area (Å²) in [5.41, 5.74) is 0.445. The van der Waals surface area contributed by atoms with Crippen molar-refractivity contribution < 1.29 is 24.2 Å². The number of nitrogens with zero attached hydrogens (tertiary/aromatic N) is 1. The molecule has 2 amide bonds. The Kier molecular flexibility index (Phi) is 3.05. The predicted octanol–water partition coefficient (Wildman–Crippen LogP) is 1.02. The molecule has 24 heavy (non-hydrogen) atoms. The molecule has 1 aromatic rings. The van der Waals surface area contributed by atoms with Crippen LogP contribution in [0.15, 0.2) is 36.4 Å². The topological polar surface area (TPSA) is 95.9 Å². The van der Waals surface area contributed by atoms with Crippen LogP contribution in [0.4, 0.5) is 11.4 Å². The average molecular weight is 328 g/mol. The lowest BCUT2D eigenvalue weighted by Crippen LogP contribution is -2.39. The molecule has 1 aromatic carbocycles. The zero-order valence-corrected chi connectivity index (χ0v) is 12.9. The summed E-state index contributed by atoms with van der Waals surface area (Å²) in [4.78, 5) is 37.0. The number of aliphatic carboxylic acids is 1. The molecule has 2 N–H and O–H groups in total. The first-order valence-corrected chi connectivity index (χ1v) is 7.70. The van der Waals surface area contributed by atoms with Crippen molar-refractivity contribution in [2.75, 3.05) is 16.8 Å². The SMILES string of the molecule is CC(=O)Nc1ccc(N2CC34C=CC(O3)C(C(=O)O)C4C2=O)cc1. The summed E-state index contributed by atoms with van der Waals surface area (Å²) in [6.07, 6.45) is 3.04. The van der Waals surface area contributed by atoms with Crippen LogP contribution in [0.1, 0.15) is 6.92 Å². The Hall–Kier alpha value is -2.67. The van der Waals surface area contributed by atoms with E-state index >= 15 is 0 Å². The fourth-order valence-corrected chi connectivity index (χ4v) is 3.93. The van der Waals surface area contributed by atoms with Crippen LogP contribution >= 0.6 is 0 Å². The van der Waals surface area contributed by atoms with Crippen molar-refractivity contribution in [3.8, 4) is 0 Å². The number of carboxylic acids is 1. The van der Waals surface area contributed by atoms with Gasteiger partial charge in [-0.2, -0.15) is 0 Å². The molecule has 7 heteroatoms. The van der Waals surface area contributed by atoms with E-state index in [1.54, 1.807) is 35.2 Å². The molecule has 124 valence electrons. The van der Waals surface area contributed by atoms with Crippen LogP contribution in [0.25, 0.3) is 0 Å². The molecular formula is C17H16N2O5. The minimum Gasteiger partial charge on any atom is -0.481 e. The van der Waals surface area contributed by atoms with Crippen LogP contribution in [-0.2, 0) is 19.1 Å². The highest BCUT2D eigenvalue weighted by Gasteiger charge is 2.67. The van der Waals surface area contributed by atoms with Gasteiger partial charge in [-0.15, -0.1) is 0 Å². The number of hydrogen-bond acceptors (Lipinski definition) is 4. The number of carbonyl (C=O) groups excluding carboxylic acids is 2. The Morgan fingerprint density at radius 1 is 1.33 bits per heavy atom. The Bertz CT molecular complexity index is 772. The lowest BCUT2D eigenvalue weighted by molar-refractivity contribution is -0.146. The first-order valence-electron chi connectivity index (χ1n) is 7.70. The second-order valence-electron chi connectivity index (χ2n) is 6.39. The minimum atomic E-state index is -1.01. The van der Waals surface area contributed by atoms with E-state index in [1.807, 2.05) is 6.08 Å². The Morgan fingerprint density at radius 2 is 2.04 bits per heavy atom. The van der Waals surface area contributed by atoms with Crippen LogP contribution in [-0.4, -0.2) is 41.1 Å². The molecule has 4 unspecified atom stereocenters. The molecule has 4 atom stereocenters. The maximum atomic E-state index is 12.8. The lowest BCUT2D eigenvalue weighted by atomic mass is 9.77. The van der Waals surface area contributed by atoms with E-state index in [0.717, 1.165) is 0 Å². The van der Waals surface area contributed by atoms with Crippen molar-refractivity contribution in [1.29, 1.82) is 0 Å². The summed E-state index contributed by atoms with van der Waals surface area (Å²) in [5, 5.41) is 12.1. The van der Waals surface area contributed by atoms with Gasteiger partial charge in [-0.1, -0.05) is 12.2 Å². The number of carboxylic acid groups (broad SMARTS) is 1. The monoisotopic (exact) mass is 328 g/mol. The highest BCUT2D eigenvalue weighted by molar-refractivity contribution is 6.02. The highest BCUT2D eigenvalue weighted by Crippen LogP contribution is 2.52. The zero-order valence-electron chi connectivity index (χ0n) is 12.9. The molecule has 0 radical (unpaired) electrons. The molecular weight excluding hydrogens is 312 g/mol. The van der Waals surface area contributed by atoms with Crippen LogP contribution < -0.4 is 10.2 Å². The number of hydrogen-bond donors (Lipinski definition) is 2. The second kappa shape index (κ2) is 4.91. The normalized spacial score (nSPS) is 33.0. The molecule has 1 spiro atoms. The van der Waals surface area contributed by atoms with Crippen LogP contribution in [0.5, 0.6) is 0 Å². The van der Waals surface area contributed by atoms with Gasteiger partial charge in [0.05, 0.1) is 18.6 Å². The fourth-order valence-electron chi connectivity index (χ4n) is 3.93. The van der Waals surface area contributed by atoms with E-state index in [4.69, 9.17) is 4.74 Å². The van der Waals surface area contributed by atoms with E-state index in [0.29, 0.717) is 17.9 Å². The number of fused-ring (bicyclic) bond motifs is 1. The summed E-state index contributed by atoms with van der Waals surface area (Å²) < 4.78 is 5.84. The number of anilines is 2. The Balaban J connectivity index is 1.63. The largest absolute Gasteiger partial charge is 0.481 e. The highest BCUT2D eigenvalue weighted by atomic mass is 16.5. The molecule has 2 fully saturated rings. The number of rotatable bonds is 3. The second-order valence-corrected chi connectivity index (χ2v) is 6.39. The van der Waals surface area contributed by atoms with Crippen LogP contribution in [0.2, 0.25) is 0 Å². The quantitative estimate of drug-likeness (QED) is 0.808. The molecule has 7 nitrogen and oxygen atoms in total. The number of carbonyl (C=O) groups is 3. The molecule has 3 heterocycles. The smallest absolute Gasteiger partial charge is 0.310 e. The van der Waals surface area contributed by atoms with Gasteiger partial charge in [0.2, 0.25) is 11.8 Å². The molecule has 2 bridgehead atoms. The van der Waals surface area contributed by atoms with Gasteiger partial charge in [-0.3, -0.25) is 14.4 Å². The van der Waals surface area contributed by atoms with Gasteiger partial charge >= 0.3 is 5.97 Å². The molecule has 3 aliphatic rings. The van der Waals surface area contributed by atoms with Crippen molar-refractivity contribution in [1.82, 2.24) is 0 Å². The average Bonchev–Trinajstić information content (AvgIpc) is 3.16. The van der Waals surface area contributed by atoms with Gasteiger partial charge in [0.1, 0.15) is 11.5 Å². The maximum absolute atomic E-state index is 12.8. The van der Waals surface area contributed by atoms with Gasteiger partial charge in [-0.05, 0) is 24.3 Å². The summed E-state index contributed by atoms with van der Waals surface area (Å²) in [7, 11) is 0. The van der Waals surface area contributed by atoms with Crippen molar-refractivity contribution in [2.45, 2.75) is 18.6 Å². The van der Waals surface area contributed by atoms with Gasteiger partial charge in [-0.25, -0.2) is 0 Å². The third-order valence-electron chi connectivity index (χ3n) is 4.88. The summed E-state index contributed by atoms with van der Waals surface area (Å²) in [5.74, 6) is -2.95.